The van der Waals surface area contributed by atoms with Gasteiger partial charge in [0, 0.05) is 16.7 Å². The number of carbonyl (C=O) groups is 1. The molecule has 0 unspecified atom stereocenters. The van der Waals surface area contributed by atoms with Gasteiger partial charge in [-0.25, -0.2) is 9.97 Å². The van der Waals surface area contributed by atoms with Gasteiger partial charge >= 0.3 is 0 Å². The van der Waals surface area contributed by atoms with E-state index >= 15 is 0 Å². The molecule has 116 valence electrons. The maximum absolute atomic E-state index is 12.3. The Morgan fingerprint density at radius 3 is 2.83 bits per heavy atom. The fraction of sp³-hybridized carbons (Fsp3) is 0.0667. The molecule has 2 aromatic heterocycles. The van der Waals surface area contributed by atoms with Gasteiger partial charge in [0.05, 0.1) is 5.69 Å². The second-order valence-electron chi connectivity index (χ2n) is 4.65. The molecule has 0 aliphatic carbocycles. The molecule has 1 amide bonds. The predicted molar refractivity (Wildman–Crippen MR) is 88.6 cm³/mol. The molecule has 0 aliphatic heterocycles. The molecular formula is C15H12BrN5O2. The van der Waals surface area contributed by atoms with Crippen molar-refractivity contribution in [2.45, 2.75) is 6.92 Å². The fourth-order valence-electron chi connectivity index (χ4n) is 1.83. The van der Waals surface area contributed by atoms with Gasteiger partial charge in [0.2, 0.25) is 5.95 Å². The number of aryl methyl sites for hydroxylation is 1. The van der Waals surface area contributed by atoms with Crippen molar-refractivity contribution >= 4 is 39.3 Å². The van der Waals surface area contributed by atoms with Crippen LogP contribution in [0.15, 0.2) is 51.6 Å². The Hall–Kier alpha value is -2.74. The molecule has 2 heterocycles. The highest BCUT2D eigenvalue weighted by atomic mass is 79.9. The first-order chi connectivity index (χ1) is 11.1. The molecule has 0 saturated heterocycles. The van der Waals surface area contributed by atoms with E-state index in [0.717, 1.165) is 4.47 Å². The van der Waals surface area contributed by atoms with Gasteiger partial charge in [-0.05, 0) is 41.1 Å². The van der Waals surface area contributed by atoms with Gasteiger partial charge in [-0.3, -0.25) is 4.79 Å². The second-order valence-corrected chi connectivity index (χ2v) is 5.50. The van der Waals surface area contributed by atoms with Gasteiger partial charge in [0.1, 0.15) is 11.5 Å². The third-order valence-corrected chi connectivity index (χ3v) is 3.57. The monoisotopic (exact) mass is 373 g/mol. The summed E-state index contributed by atoms with van der Waals surface area (Å²) >= 11 is 3.38. The molecule has 0 fully saturated rings. The van der Waals surface area contributed by atoms with E-state index in [2.05, 4.69) is 41.7 Å². The molecular weight excluding hydrogens is 362 g/mol. The Morgan fingerprint density at radius 1 is 1.26 bits per heavy atom. The molecule has 8 heteroatoms. The first kappa shape index (κ1) is 15.2. The van der Waals surface area contributed by atoms with Gasteiger partial charge in [-0.15, -0.1) is 0 Å². The zero-order valence-corrected chi connectivity index (χ0v) is 13.7. The van der Waals surface area contributed by atoms with Gasteiger partial charge in [0.25, 0.3) is 5.91 Å². The number of aromatic nitrogens is 3. The van der Waals surface area contributed by atoms with Crippen LogP contribution in [0.4, 0.5) is 17.5 Å². The summed E-state index contributed by atoms with van der Waals surface area (Å²) in [6.07, 6.45) is 1.50. The van der Waals surface area contributed by atoms with Crippen molar-refractivity contribution in [1.82, 2.24) is 15.1 Å². The lowest BCUT2D eigenvalue weighted by Gasteiger charge is -2.07. The number of nitrogens with zero attached hydrogens (tertiary/aromatic N) is 3. The zero-order valence-electron chi connectivity index (χ0n) is 12.1. The average Bonchev–Trinajstić information content (AvgIpc) is 2.95. The van der Waals surface area contributed by atoms with E-state index in [0.29, 0.717) is 17.3 Å². The van der Waals surface area contributed by atoms with Crippen LogP contribution in [0.2, 0.25) is 0 Å². The summed E-state index contributed by atoms with van der Waals surface area (Å²) in [5, 5.41) is 9.45. The molecule has 0 saturated carbocycles. The summed E-state index contributed by atoms with van der Waals surface area (Å²) in [4.78, 5) is 20.5. The molecule has 7 nitrogen and oxygen atoms in total. The number of anilines is 3. The number of benzene rings is 1. The minimum atomic E-state index is -0.335. The topological polar surface area (TPSA) is 92.9 Å². The normalized spacial score (nSPS) is 10.3. The highest BCUT2D eigenvalue weighted by Gasteiger charge is 2.11. The minimum absolute atomic E-state index is 0.235. The number of hydrogen-bond acceptors (Lipinski definition) is 6. The molecule has 3 rings (SSSR count). The Kier molecular flexibility index (Phi) is 4.33. The zero-order chi connectivity index (χ0) is 16.2. The molecule has 0 spiro atoms. The summed E-state index contributed by atoms with van der Waals surface area (Å²) in [7, 11) is 0. The maximum Gasteiger partial charge on any atom is 0.274 e. The number of halogens is 1. The van der Waals surface area contributed by atoms with E-state index in [-0.39, 0.29) is 17.5 Å². The van der Waals surface area contributed by atoms with Crippen LogP contribution < -0.4 is 10.6 Å². The Balaban J connectivity index is 1.76. The first-order valence-electron chi connectivity index (χ1n) is 6.71. The van der Waals surface area contributed by atoms with Crippen molar-refractivity contribution in [2.24, 2.45) is 0 Å². The molecule has 23 heavy (non-hydrogen) atoms. The molecule has 0 bridgehead atoms. The van der Waals surface area contributed by atoms with Crippen molar-refractivity contribution in [3.05, 3.63) is 58.5 Å². The second kappa shape index (κ2) is 6.57. The quantitative estimate of drug-likeness (QED) is 0.726. The van der Waals surface area contributed by atoms with Crippen LogP contribution >= 0.6 is 15.9 Å². The smallest absolute Gasteiger partial charge is 0.274 e. The van der Waals surface area contributed by atoms with Crippen LogP contribution in [0.3, 0.4) is 0 Å². The molecule has 0 radical (unpaired) electrons. The molecule has 0 aliphatic rings. The predicted octanol–water partition coefficient (Wildman–Crippen LogP) is 3.53. The van der Waals surface area contributed by atoms with Crippen molar-refractivity contribution in [1.29, 1.82) is 0 Å². The summed E-state index contributed by atoms with van der Waals surface area (Å²) < 4.78 is 5.74. The van der Waals surface area contributed by atoms with Crippen LogP contribution in [0.25, 0.3) is 0 Å². The fourth-order valence-corrected chi connectivity index (χ4v) is 2.22. The van der Waals surface area contributed by atoms with E-state index in [1.54, 1.807) is 19.1 Å². The van der Waals surface area contributed by atoms with Crippen LogP contribution in [0.1, 0.15) is 16.2 Å². The largest absolute Gasteiger partial charge is 0.360 e. The third kappa shape index (κ3) is 3.72. The van der Waals surface area contributed by atoms with E-state index in [1.165, 1.54) is 12.3 Å². The third-order valence-electron chi connectivity index (χ3n) is 2.88. The first-order valence-corrected chi connectivity index (χ1v) is 7.50. The van der Waals surface area contributed by atoms with Crippen LogP contribution in [-0.2, 0) is 0 Å². The lowest BCUT2D eigenvalue weighted by molar-refractivity contribution is 0.102. The van der Waals surface area contributed by atoms with Crippen molar-refractivity contribution in [2.75, 3.05) is 10.6 Å². The number of rotatable bonds is 4. The molecule has 0 atom stereocenters. The van der Waals surface area contributed by atoms with E-state index in [4.69, 9.17) is 4.52 Å². The Labute approximate surface area is 140 Å². The summed E-state index contributed by atoms with van der Waals surface area (Å²) in [5.74, 6) is 1.07. The van der Waals surface area contributed by atoms with Crippen molar-refractivity contribution in [3.8, 4) is 0 Å². The van der Waals surface area contributed by atoms with Crippen molar-refractivity contribution < 1.29 is 9.32 Å². The van der Waals surface area contributed by atoms with Crippen LogP contribution in [-0.4, -0.2) is 21.0 Å². The van der Waals surface area contributed by atoms with Crippen LogP contribution in [0, 0.1) is 6.92 Å². The molecule has 2 N–H and O–H groups in total. The number of hydrogen-bond donors (Lipinski definition) is 2. The standard InChI is InChI=1S/C15H12BrN5O2/c1-9-8-13(21-23-9)20-15-17-7-6-12(19-15)14(22)18-11-5-3-2-4-10(11)16/h2-8H,1H3,(H,18,22)(H,17,19,20,21). The van der Waals surface area contributed by atoms with Crippen molar-refractivity contribution in [3.63, 3.8) is 0 Å². The maximum atomic E-state index is 12.3. The summed E-state index contributed by atoms with van der Waals surface area (Å²) in [6, 6.07) is 10.6. The van der Waals surface area contributed by atoms with Gasteiger partial charge < -0.3 is 15.2 Å². The number of carbonyl (C=O) groups excluding carboxylic acids is 1. The van der Waals surface area contributed by atoms with E-state index in [1.807, 2.05) is 18.2 Å². The molecule has 1 aromatic carbocycles. The Morgan fingerprint density at radius 2 is 2.09 bits per heavy atom. The SMILES string of the molecule is Cc1cc(Nc2nccc(C(=O)Nc3ccccc3Br)n2)no1. The highest BCUT2D eigenvalue weighted by Crippen LogP contribution is 2.21. The van der Waals surface area contributed by atoms with Crippen LogP contribution in [0.5, 0.6) is 0 Å². The number of nitrogens with one attached hydrogen (secondary N) is 2. The summed E-state index contributed by atoms with van der Waals surface area (Å²) in [6.45, 7) is 1.78. The van der Waals surface area contributed by atoms with E-state index in [9.17, 15) is 4.79 Å². The average molecular weight is 374 g/mol. The van der Waals surface area contributed by atoms with Gasteiger partial charge in [-0.2, -0.15) is 0 Å². The minimum Gasteiger partial charge on any atom is -0.360 e. The lowest BCUT2D eigenvalue weighted by atomic mass is 10.3. The molecule has 3 aromatic rings. The van der Waals surface area contributed by atoms with E-state index < -0.39 is 0 Å². The summed E-state index contributed by atoms with van der Waals surface area (Å²) in [5.41, 5.74) is 0.899. The lowest BCUT2D eigenvalue weighted by Crippen LogP contribution is -2.15. The van der Waals surface area contributed by atoms with Gasteiger partial charge in [0.15, 0.2) is 5.82 Å². The highest BCUT2D eigenvalue weighted by molar-refractivity contribution is 9.10. The number of amides is 1. The Bertz CT molecular complexity index is 849. The van der Waals surface area contributed by atoms with Gasteiger partial charge in [-0.1, -0.05) is 17.3 Å². The number of para-hydroxylation sites is 1.